The molecular weight excluding hydrogens is 468 g/mol. The van der Waals surface area contributed by atoms with Gasteiger partial charge in [0.15, 0.2) is 11.0 Å². The summed E-state index contributed by atoms with van der Waals surface area (Å²) in [5.74, 6) is 0.440. The van der Waals surface area contributed by atoms with E-state index < -0.39 is 0 Å². The smallest absolute Gasteiger partial charge is 0.251 e. The molecule has 34 heavy (non-hydrogen) atoms. The number of nitrogens with one attached hydrogen (secondary N) is 2. The molecule has 0 aliphatic heterocycles. The topological polar surface area (TPSA) is 113 Å². The zero-order valence-corrected chi connectivity index (χ0v) is 20.8. The molecule has 2 heterocycles. The number of anilines is 1. The van der Waals surface area contributed by atoms with Crippen LogP contribution in [0.2, 0.25) is 0 Å². The van der Waals surface area contributed by atoms with E-state index in [4.69, 9.17) is 0 Å². The first-order valence-corrected chi connectivity index (χ1v) is 13.0. The Morgan fingerprint density at radius 2 is 2.03 bits per heavy atom. The van der Waals surface area contributed by atoms with Gasteiger partial charge in [0.05, 0.1) is 17.9 Å². The van der Waals surface area contributed by atoms with Gasteiger partial charge in [-0.25, -0.2) is 0 Å². The predicted octanol–water partition coefficient (Wildman–Crippen LogP) is 4.08. The third-order valence-corrected chi connectivity index (χ3v) is 7.95. The SMILES string of the molecule is CCn1c(CNC(=O)c2ccccc2C)nnc1SCC(=O)Nc1sc2c(c1C#N)CCCC2. The quantitative estimate of drug-likeness (QED) is 0.456. The third kappa shape index (κ3) is 5.16. The maximum absolute atomic E-state index is 12.6. The zero-order valence-electron chi connectivity index (χ0n) is 19.2. The van der Waals surface area contributed by atoms with Crippen LogP contribution in [0.4, 0.5) is 5.00 Å². The summed E-state index contributed by atoms with van der Waals surface area (Å²) in [6.45, 7) is 4.72. The molecule has 0 radical (unpaired) electrons. The standard InChI is InChI=1S/C24H26N6O2S2/c1-3-30-20(13-26-22(32)16-9-5-4-8-15(16)2)28-29-24(30)33-14-21(31)27-23-18(12-25)17-10-6-7-11-19(17)34-23/h4-5,8-9H,3,6-7,10-11,13-14H2,1-2H3,(H,26,32)(H,27,31). The fourth-order valence-corrected chi connectivity index (χ4v) is 6.10. The Hall–Kier alpha value is -3.16. The van der Waals surface area contributed by atoms with Gasteiger partial charge in [-0.3, -0.25) is 9.59 Å². The maximum Gasteiger partial charge on any atom is 0.251 e. The molecule has 0 unspecified atom stereocenters. The van der Waals surface area contributed by atoms with Gasteiger partial charge in [-0.05, 0) is 56.7 Å². The lowest BCUT2D eigenvalue weighted by Gasteiger charge is -2.10. The van der Waals surface area contributed by atoms with Gasteiger partial charge < -0.3 is 15.2 Å². The van der Waals surface area contributed by atoms with Gasteiger partial charge in [0.25, 0.3) is 5.91 Å². The van der Waals surface area contributed by atoms with Gasteiger partial charge in [0.2, 0.25) is 5.91 Å². The summed E-state index contributed by atoms with van der Waals surface area (Å²) in [5.41, 5.74) is 3.25. The van der Waals surface area contributed by atoms with Gasteiger partial charge in [-0.1, -0.05) is 30.0 Å². The molecule has 3 aromatic rings. The Kier molecular flexibility index (Phi) is 7.65. The summed E-state index contributed by atoms with van der Waals surface area (Å²) in [7, 11) is 0. The molecule has 4 rings (SSSR count). The molecule has 0 spiro atoms. The fraction of sp³-hybridized carbons (Fsp3) is 0.375. The van der Waals surface area contributed by atoms with Crippen LogP contribution >= 0.6 is 23.1 Å². The van der Waals surface area contributed by atoms with Crippen molar-refractivity contribution in [2.45, 2.75) is 57.8 Å². The minimum atomic E-state index is -0.180. The number of hydrogen-bond donors (Lipinski definition) is 2. The number of benzene rings is 1. The first-order chi connectivity index (χ1) is 16.5. The Bertz CT molecular complexity index is 1260. The molecule has 10 heteroatoms. The van der Waals surface area contributed by atoms with E-state index >= 15 is 0 Å². The summed E-state index contributed by atoms with van der Waals surface area (Å²) >= 11 is 2.81. The number of fused-ring (bicyclic) bond motifs is 1. The second-order valence-electron chi connectivity index (χ2n) is 8.00. The molecule has 0 saturated heterocycles. The van der Waals surface area contributed by atoms with Crippen LogP contribution in [0.1, 0.15) is 57.5 Å². The van der Waals surface area contributed by atoms with Crippen molar-refractivity contribution in [2.24, 2.45) is 0 Å². The first-order valence-electron chi connectivity index (χ1n) is 11.2. The molecule has 0 atom stereocenters. The largest absolute Gasteiger partial charge is 0.345 e. The van der Waals surface area contributed by atoms with Crippen LogP contribution in [0, 0.1) is 18.3 Å². The van der Waals surface area contributed by atoms with Crippen LogP contribution in [0.25, 0.3) is 0 Å². The maximum atomic E-state index is 12.6. The molecule has 2 aromatic heterocycles. The Morgan fingerprint density at radius 1 is 1.24 bits per heavy atom. The summed E-state index contributed by atoms with van der Waals surface area (Å²) < 4.78 is 1.89. The van der Waals surface area contributed by atoms with Gasteiger partial charge in [0.1, 0.15) is 11.1 Å². The van der Waals surface area contributed by atoms with Crippen LogP contribution < -0.4 is 10.6 Å². The van der Waals surface area contributed by atoms with Crippen molar-refractivity contribution in [3.8, 4) is 6.07 Å². The van der Waals surface area contributed by atoms with Crippen molar-refractivity contribution in [1.29, 1.82) is 5.26 Å². The Morgan fingerprint density at radius 3 is 2.79 bits per heavy atom. The van der Waals surface area contributed by atoms with E-state index in [0.29, 0.717) is 33.7 Å². The lowest BCUT2D eigenvalue weighted by atomic mass is 9.96. The molecule has 8 nitrogen and oxygen atoms in total. The molecule has 0 bridgehead atoms. The highest BCUT2D eigenvalue weighted by atomic mass is 32.2. The summed E-state index contributed by atoms with van der Waals surface area (Å²) in [6, 6.07) is 9.69. The van der Waals surface area contributed by atoms with Gasteiger partial charge in [-0.2, -0.15) is 5.26 Å². The highest BCUT2D eigenvalue weighted by Gasteiger charge is 2.22. The van der Waals surface area contributed by atoms with E-state index in [1.807, 2.05) is 36.6 Å². The number of thioether (sulfide) groups is 1. The van der Waals surface area contributed by atoms with Crippen molar-refractivity contribution in [1.82, 2.24) is 20.1 Å². The van der Waals surface area contributed by atoms with E-state index in [1.54, 1.807) is 6.07 Å². The molecule has 176 valence electrons. The van der Waals surface area contributed by atoms with Gasteiger partial charge in [-0.15, -0.1) is 21.5 Å². The molecule has 1 aromatic carbocycles. The summed E-state index contributed by atoms with van der Waals surface area (Å²) in [6.07, 6.45) is 4.09. The number of hydrogen-bond acceptors (Lipinski definition) is 7. The molecule has 0 fully saturated rings. The number of carbonyl (C=O) groups is 2. The highest BCUT2D eigenvalue weighted by molar-refractivity contribution is 7.99. The number of amides is 2. The normalized spacial score (nSPS) is 12.6. The average Bonchev–Trinajstić information content (AvgIpc) is 3.41. The molecule has 1 aliphatic rings. The van der Waals surface area contributed by atoms with Crippen molar-refractivity contribution >= 4 is 39.9 Å². The van der Waals surface area contributed by atoms with Crippen molar-refractivity contribution in [2.75, 3.05) is 11.1 Å². The van der Waals surface area contributed by atoms with E-state index in [2.05, 4.69) is 26.9 Å². The van der Waals surface area contributed by atoms with Crippen molar-refractivity contribution < 1.29 is 9.59 Å². The predicted molar refractivity (Wildman–Crippen MR) is 133 cm³/mol. The van der Waals surface area contributed by atoms with Crippen LogP contribution in [-0.2, 0) is 30.7 Å². The van der Waals surface area contributed by atoms with Crippen LogP contribution in [0.15, 0.2) is 29.4 Å². The van der Waals surface area contributed by atoms with Crippen LogP contribution in [0.5, 0.6) is 0 Å². The minimum absolute atomic E-state index is 0.154. The molecule has 1 aliphatic carbocycles. The number of aryl methyl sites for hydroxylation is 2. The fourth-order valence-electron chi connectivity index (χ4n) is 4.02. The molecular formula is C24H26N6O2S2. The van der Waals surface area contributed by atoms with Crippen molar-refractivity contribution in [3.05, 3.63) is 57.2 Å². The number of carbonyl (C=O) groups excluding carboxylic acids is 2. The summed E-state index contributed by atoms with van der Waals surface area (Å²) in [5, 5.41) is 25.1. The minimum Gasteiger partial charge on any atom is -0.345 e. The lowest BCUT2D eigenvalue weighted by Crippen LogP contribution is -2.25. The second kappa shape index (κ2) is 10.8. The number of rotatable bonds is 8. The number of nitrogens with zero attached hydrogens (tertiary/aromatic N) is 4. The molecule has 2 N–H and O–H groups in total. The summed E-state index contributed by atoms with van der Waals surface area (Å²) in [4.78, 5) is 26.4. The molecule has 2 amide bonds. The van der Waals surface area contributed by atoms with E-state index in [9.17, 15) is 14.9 Å². The Labute approximate surface area is 206 Å². The second-order valence-corrected chi connectivity index (χ2v) is 10.1. The van der Waals surface area contributed by atoms with E-state index in [-0.39, 0.29) is 24.1 Å². The third-order valence-electron chi connectivity index (χ3n) is 5.77. The van der Waals surface area contributed by atoms with Gasteiger partial charge >= 0.3 is 0 Å². The Balaban J connectivity index is 1.36. The van der Waals surface area contributed by atoms with Crippen LogP contribution in [-0.4, -0.2) is 32.3 Å². The lowest BCUT2D eigenvalue weighted by molar-refractivity contribution is -0.113. The van der Waals surface area contributed by atoms with E-state index in [0.717, 1.165) is 36.8 Å². The number of nitriles is 1. The highest BCUT2D eigenvalue weighted by Crippen LogP contribution is 2.37. The molecule has 0 saturated carbocycles. The number of aromatic nitrogens is 3. The van der Waals surface area contributed by atoms with Gasteiger partial charge in [0, 0.05) is 17.0 Å². The van der Waals surface area contributed by atoms with Crippen LogP contribution in [0.3, 0.4) is 0 Å². The average molecular weight is 495 g/mol. The van der Waals surface area contributed by atoms with Crippen molar-refractivity contribution in [3.63, 3.8) is 0 Å². The monoisotopic (exact) mass is 494 g/mol. The first kappa shape index (κ1) is 24.0. The zero-order chi connectivity index (χ0) is 24.1. The van der Waals surface area contributed by atoms with E-state index in [1.165, 1.54) is 28.0 Å². The number of thiophene rings is 1.